The maximum atomic E-state index is 12.6. The van der Waals surface area contributed by atoms with E-state index < -0.39 is 11.5 Å². The molecule has 0 aliphatic heterocycles. The Morgan fingerprint density at radius 1 is 0.966 bits per heavy atom. The predicted molar refractivity (Wildman–Crippen MR) is 114 cm³/mol. The number of aromatic amines is 1. The number of pyridine rings is 1. The molecule has 5 heteroatoms. The van der Waals surface area contributed by atoms with Gasteiger partial charge in [0.05, 0.1) is 5.69 Å². The number of aromatic nitrogens is 1. The van der Waals surface area contributed by atoms with Gasteiger partial charge in [-0.25, -0.2) is 0 Å². The van der Waals surface area contributed by atoms with Crippen LogP contribution in [0.3, 0.4) is 0 Å². The van der Waals surface area contributed by atoms with Gasteiger partial charge in [0.15, 0.2) is 0 Å². The van der Waals surface area contributed by atoms with E-state index in [1.54, 1.807) is 0 Å². The van der Waals surface area contributed by atoms with Crippen molar-refractivity contribution in [3.05, 3.63) is 82.1 Å². The second-order valence-electron chi connectivity index (χ2n) is 7.55. The highest BCUT2D eigenvalue weighted by molar-refractivity contribution is 6.06. The molecule has 4 rings (SSSR count). The minimum absolute atomic E-state index is 0.291. The van der Waals surface area contributed by atoms with Crippen molar-refractivity contribution in [1.82, 2.24) is 4.98 Å². The van der Waals surface area contributed by atoms with Gasteiger partial charge < -0.3 is 15.4 Å². The molecule has 148 valence electrons. The number of anilines is 1. The van der Waals surface area contributed by atoms with E-state index in [-0.39, 0.29) is 11.3 Å². The van der Waals surface area contributed by atoms with Crippen molar-refractivity contribution in [3.8, 4) is 17.0 Å². The molecule has 0 spiro atoms. The minimum atomic E-state index is -0.631. The molecule has 0 atom stereocenters. The van der Waals surface area contributed by atoms with Crippen molar-refractivity contribution >= 4 is 11.6 Å². The Balaban J connectivity index is 1.52. The first-order valence-electron chi connectivity index (χ1n) is 10.0. The molecule has 1 amide bonds. The van der Waals surface area contributed by atoms with Crippen LogP contribution in [0.25, 0.3) is 11.3 Å². The van der Waals surface area contributed by atoms with E-state index in [1.165, 1.54) is 43.7 Å². The Bertz CT molecular complexity index is 1050. The maximum Gasteiger partial charge on any atom is 0.265 e. The lowest BCUT2D eigenvalue weighted by Crippen LogP contribution is -2.23. The Morgan fingerprint density at radius 2 is 1.66 bits per heavy atom. The van der Waals surface area contributed by atoms with Gasteiger partial charge in [-0.3, -0.25) is 9.59 Å². The summed E-state index contributed by atoms with van der Waals surface area (Å²) >= 11 is 0. The third-order valence-corrected chi connectivity index (χ3v) is 5.57. The summed E-state index contributed by atoms with van der Waals surface area (Å²) in [5.74, 6) is -0.386. The zero-order valence-corrected chi connectivity index (χ0v) is 16.2. The first-order valence-corrected chi connectivity index (χ1v) is 10.0. The van der Waals surface area contributed by atoms with Gasteiger partial charge in [-0.15, -0.1) is 0 Å². The Labute approximate surface area is 169 Å². The fourth-order valence-corrected chi connectivity index (χ4v) is 4.01. The molecule has 3 N–H and O–H groups in total. The van der Waals surface area contributed by atoms with E-state index in [4.69, 9.17) is 0 Å². The van der Waals surface area contributed by atoms with Crippen molar-refractivity contribution in [2.24, 2.45) is 0 Å². The molecule has 1 saturated carbocycles. The molecule has 0 bridgehead atoms. The quantitative estimate of drug-likeness (QED) is 0.585. The monoisotopic (exact) mass is 388 g/mol. The van der Waals surface area contributed by atoms with Crippen molar-refractivity contribution < 1.29 is 9.90 Å². The molecule has 3 aromatic rings. The zero-order valence-electron chi connectivity index (χ0n) is 16.2. The highest BCUT2D eigenvalue weighted by atomic mass is 16.3. The average molecular weight is 388 g/mol. The molecule has 1 aromatic heterocycles. The normalized spacial score (nSPS) is 14.5. The second-order valence-corrected chi connectivity index (χ2v) is 7.55. The molecule has 0 saturated heterocycles. The SMILES string of the molecule is O=C(Nc1ccc(C2CCCCC2)cc1)c1c(O)cc(-c2ccccc2)[nH]c1=O. The van der Waals surface area contributed by atoms with Gasteiger partial charge in [-0.2, -0.15) is 0 Å². The third kappa shape index (κ3) is 4.24. The number of aromatic hydroxyl groups is 1. The average Bonchev–Trinajstić information content (AvgIpc) is 2.75. The minimum Gasteiger partial charge on any atom is -0.507 e. The standard InChI is InChI=1S/C24H24N2O3/c27-21-15-20(18-9-5-2-6-10-18)26-24(29)22(21)23(28)25-19-13-11-17(12-14-19)16-7-3-1-4-8-16/h2,5-6,9-16H,1,3-4,7-8H2,(H,25,28)(H2,26,27,29). The topological polar surface area (TPSA) is 82.2 Å². The lowest BCUT2D eigenvalue weighted by atomic mass is 9.84. The smallest absolute Gasteiger partial charge is 0.265 e. The van der Waals surface area contributed by atoms with Gasteiger partial charge in [-0.05, 0) is 42.0 Å². The van der Waals surface area contributed by atoms with Gasteiger partial charge in [-0.1, -0.05) is 61.7 Å². The number of carbonyl (C=O) groups is 1. The van der Waals surface area contributed by atoms with Gasteiger partial charge >= 0.3 is 0 Å². The molecule has 1 heterocycles. The number of hydrogen-bond acceptors (Lipinski definition) is 3. The first kappa shape index (κ1) is 19.0. The van der Waals surface area contributed by atoms with Gasteiger partial charge in [0, 0.05) is 11.8 Å². The maximum absolute atomic E-state index is 12.6. The van der Waals surface area contributed by atoms with Crippen molar-refractivity contribution in [1.29, 1.82) is 0 Å². The summed E-state index contributed by atoms with van der Waals surface area (Å²) < 4.78 is 0. The Hall–Kier alpha value is -3.34. The fraction of sp³-hybridized carbons (Fsp3) is 0.250. The van der Waals surface area contributed by atoms with E-state index in [9.17, 15) is 14.7 Å². The third-order valence-electron chi connectivity index (χ3n) is 5.57. The summed E-state index contributed by atoms with van der Waals surface area (Å²) in [6.45, 7) is 0. The molecule has 5 nitrogen and oxygen atoms in total. The van der Waals surface area contributed by atoms with Crippen LogP contribution < -0.4 is 10.9 Å². The molecule has 0 unspecified atom stereocenters. The van der Waals surface area contributed by atoms with Crippen LogP contribution in [0.4, 0.5) is 5.69 Å². The molecular weight excluding hydrogens is 364 g/mol. The van der Waals surface area contributed by atoms with E-state index in [0.717, 1.165) is 5.56 Å². The number of carbonyl (C=O) groups excluding carboxylic acids is 1. The lowest BCUT2D eigenvalue weighted by molar-refractivity contribution is 0.102. The van der Waals surface area contributed by atoms with Crippen LogP contribution in [-0.4, -0.2) is 16.0 Å². The molecule has 29 heavy (non-hydrogen) atoms. The number of nitrogens with one attached hydrogen (secondary N) is 2. The summed E-state index contributed by atoms with van der Waals surface area (Å²) in [6, 6.07) is 18.3. The van der Waals surface area contributed by atoms with Crippen molar-refractivity contribution in [2.75, 3.05) is 5.32 Å². The second kappa shape index (κ2) is 8.35. The Morgan fingerprint density at radius 3 is 2.31 bits per heavy atom. The lowest BCUT2D eigenvalue weighted by Gasteiger charge is -2.22. The molecule has 1 fully saturated rings. The van der Waals surface area contributed by atoms with Crippen LogP contribution in [0.1, 0.15) is 53.9 Å². The zero-order chi connectivity index (χ0) is 20.2. The van der Waals surface area contributed by atoms with Gasteiger partial charge in [0.2, 0.25) is 0 Å². The molecule has 0 radical (unpaired) electrons. The number of amides is 1. The molecule has 1 aliphatic carbocycles. The summed E-state index contributed by atoms with van der Waals surface area (Å²) in [6.07, 6.45) is 6.27. The first-order chi connectivity index (χ1) is 14.1. The van der Waals surface area contributed by atoms with Gasteiger partial charge in [0.25, 0.3) is 11.5 Å². The van der Waals surface area contributed by atoms with Crippen molar-refractivity contribution in [3.63, 3.8) is 0 Å². The summed E-state index contributed by atoms with van der Waals surface area (Å²) in [5.41, 5.74) is 2.18. The summed E-state index contributed by atoms with van der Waals surface area (Å²) in [7, 11) is 0. The molecule has 1 aliphatic rings. The Kier molecular flexibility index (Phi) is 5.47. The van der Waals surface area contributed by atoms with Crippen LogP contribution in [0, 0.1) is 0 Å². The van der Waals surface area contributed by atoms with Crippen LogP contribution in [0.2, 0.25) is 0 Å². The van der Waals surface area contributed by atoms with E-state index in [1.807, 2.05) is 54.6 Å². The number of rotatable bonds is 4. The molecular formula is C24H24N2O3. The number of hydrogen-bond donors (Lipinski definition) is 3. The predicted octanol–water partition coefficient (Wildman–Crippen LogP) is 5.05. The highest BCUT2D eigenvalue weighted by Gasteiger charge is 2.19. The van der Waals surface area contributed by atoms with Crippen LogP contribution in [0.15, 0.2) is 65.5 Å². The van der Waals surface area contributed by atoms with Crippen molar-refractivity contribution in [2.45, 2.75) is 38.0 Å². The fourth-order valence-electron chi connectivity index (χ4n) is 4.01. The van der Waals surface area contributed by atoms with E-state index >= 15 is 0 Å². The largest absolute Gasteiger partial charge is 0.507 e. The number of H-pyrrole nitrogens is 1. The number of benzene rings is 2. The molecule has 2 aromatic carbocycles. The summed E-state index contributed by atoms with van der Waals surface area (Å²) in [4.78, 5) is 27.7. The van der Waals surface area contributed by atoms with E-state index in [0.29, 0.717) is 17.3 Å². The van der Waals surface area contributed by atoms with Gasteiger partial charge in [0.1, 0.15) is 11.3 Å². The van der Waals surface area contributed by atoms with Crippen LogP contribution in [-0.2, 0) is 0 Å². The summed E-state index contributed by atoms with van der Waals surface area (Å²) in [5, 5.41) is 13.0. The van der Waals surface area contributed by atoms with E-state index in [2.05, 4.69) is 10.3 Å². The highest BCUT2D eigenvalue weighted by Crippen LogP contribution is 2.33. The van der Waals surface area contributed by atoms with Crippen LogP contribution in [0.5, 0.6) is 5.75 Å². The van der Waals surface area contributed by atoms with Crippen LogP contribution >= 0.6 is 0 Å².